The van der Waals surface area contributed by atoms with Gasteiger partial charge in [0.25, 0.3) is 5.91 Å². The van der Waals surface area contributed by atoms with Gasteiger partial charge in [0.05, 0.1) is 0 Å². The molecular weight excluding hydrogens is 178 g/mol. The van der Waals surface area contributed by atoms with Crippen molar-refractivity contribution in [1.82, 2.24) is 14.5 Å². The fraction of sp³-hybridized carbons (Fsp3) is 0.100. The van der Waals surface area contributed by atoms with Gasteiger partial charge in [0.15, 0.2) is 0 Å². The lowest BCUT2D eigenvalue weighted by Gasteiger charge is -1.99. The van der Waals surface area contributed by atoms with Gasteiger partial charge in [0.1, 0.15) is 12.0 Å². The summed E-state index contributed by atoms with van der Waals surface area (Å²) >= 11 is 0. The zero-order valence-electron chi connectivity index (χ0n) is 7.71. The normalized spacial score (nSPS) is 10.1. The van der Waals surface area contributed by atoms with Crippen molar-refractivity contribution in [1.29, 1.82) is 0 Å². The average Bonchev–Trinajstić information content (AvgIpc) is 2.71. The molecule has 0 amide bonds. The number of carbonyl (C=O) groups excluding carboxylic acids is 1. The molecule has 2 rings (SSSR count). The van der Waals surface area contributed by atoms with E-state index >= 15 is 0 Å². The summed E-state index contributed by atoms with van der Waals surface area (Å²) < 4.78 is 1.40. The first-order valence-corrected chi connectivity index (χ1v) is 4.23. The van der Waals surface area contributed by atoms with Gasteiger partial charge in [-0.3, -0.25) is 14.3 Å². The van der Waals surface area contributed by atoms with Gasteiger partial charge in [-0.2, -0.15) is 0 Å². The van der Waals surface area contributed by atoms with Crippen LogP contribution in [0.25, 0.3) is 0 Å². The van der Waals surface area contributed by atoms with Crippen molar-refractivity contribution in [2.24, 2.45) is 0 Å². The molecule has 0 atom stereocenters. The van der Waals surface area contributed by atoms with Crippen LogP contribution in [0.5, 0.6) is 0 Å². The maximum Gasteiger partial charge on any atom is 0.281 e. The Morgan fingerprint density at radius 2 is 2.29 bits per heavy atom. The van der Waals surface area contributed by atoms with Gasteiger partial charge < -0.3 is 0 Å². The minimum absolute atomic E-state index is 0.164. The third kappa shape index (κ3) is 1.54. The Kier molecular flexibility index (Phi) is 2.10. The molecule has 14 heavy (non-hydrogen) atoms. The van der Waals surface area contributed by atoms with Crippen LogP contribution in [0.4, 0.5) is 0 Å². The van der Waals surface area contributed by atoms with Crippen LogP contribution >= 0.6 is 0 Å². The molecule has 0 aliphatic rings. The second-order valence-corrected chi connectivity index (χ2v) is 3.00. The van der Waals surface area contributed by atoms with Gasteiger partial charge >= 0.3 is 0 Å². The highest BCUT2D eigenvalue weighted by Gasteiger charge is 2.07. The second kappa shape index (κ2) is 3.41. The van der Waals surface area contributed by atoms with Crippen LogP contribution < -0.4 is 0 Å². The van der Waals surface area contributed by atoms with Gasteiger partial charge in [-0.15, -0.1) is 0 Å². The predicted molar refractivity (Wildman–Crippen MR) is 50.9 cm³/mol. The van der Waals surface area contributed by atoms with Gasteiger partial charge in [-0.05, 0) is 18.6 Å². The Morgan fingerprint density at radius 3 is 2.86 bits per heavy atom. The molecule has 0 N–H and O–H groups in total. The fourth-order valence-electron chi connectivity index (χ4n) is 1.11. The van der Waals surface area contributed by atoms with Crippen molar-refractivity contribution < 1.29 is 4.79 Å². The van der Waals surface area contributed by atoms with Crippen LogP contribution in [0.2, 0.25) is 0 Å². The molecule has 70 valence electrons. The Balaban J connectivity index is 2.33. The van der Waals surface area contributed by atoms with Crippen molar-refractivity contribution >= 4 is 5.91 Å². The van der Waals surface area contributed by atoms with Crippen molar-refractivity contribution in [2.45, 2.75) is 6.92 Å². The monoisotopic (exact) mass is 187 g/mol. The fourth-order valence-corrected chi connectivity index (χ4v) is 1.11. The van der Waals surface area contributed by atoms with Crippen LogP contribution in [0, 0.1) is 6.92 Å². The molecule has 0 saturated carbocycles. The molecule has 0 aromatic carbocycles. The number of aryl methyl sites for hydroxylation is 1. The lowest BCUT2D eigenvalue weighted by molar-refractivity contribution is 0.0955. The molecule has 0 saturated heterocycles. The van der Waals surface area contributed by atoms with E-state index in [-0.39, 0.29) is 5.91 Å². The van der Waals surface area contributed by atoms with E-state index in [1.165, 1.54) is 10.9 Å². The number of pyridine rings is 1. The molecule has 2 aromatic rings. The van der Waals surface area contributed by atoms with Crippen LogP contribution in [0.3, 0.4) is 0 Å². The molecule has 0 aliphatic carbocycles. The Bertz CT molecular complexity index is 431. The molecule has 4 heteroatoms. The SMILES string of the molecule is Cc1ccc(C(=O)n2ccnc2)nc1. The van der Waals surface area contributed by atoms with E-state index in [0.29, 0.717) is 5.69 Å². The van der Waals surface area contributed by atoms with E-state index in [2.05, 4.69) is 9.97 Å². The molecule has 2 heterocycles. The average molecular weight is 187 g/mol. The lowest BCUT2D eigenvalue weighted by Crippen LogP contribution is -2.11. The molecule has 0 spiro atoms. The minimum atomic E-state index is -0.164. The van der Waals surface area contributed by atoms with Crippen LogP contribution in [-0.4, -0.2) is 20.4 Å². The van der Waals surface area contributed by atoms with E-state index in [0.717, 1.165) is 5.56 Å². The Morgan fingerprint density at radius 1 is 1.43 bits per heavy atom. The van der Waals surface area contributed by atoms with Gasteiger partial charge in [0.2, 0.25) is 0 Å². The first-order chi connectivity index (χ1) is 6.77. The summed E-state index contributed by atoms with van der Waals surface area (Å²) in [6.45, 7) is 1.93. The third-order valence-corrected chi connectivity index (χ3v) is 1.87. The van der Waals surface area contributed by atoms with Crippen molar-refractivity contribution in [3.63, 3.8) is 0 Å². The van der Waals surface area contributed by atoms with Gasteiger partial charge in [-0.25, -0.2) is 4.98 Å². The predicted octanol–water partition coefficient (Wildman–Crippen LogP) is 1.28. The van der Waals surface area contributed by atoms with Crippen molar-refractivity contribution in [3.05, 3.63) is 48.3 Å². The van der Waals surface area contributed by atoms with E-state index in [4.69, 9.17) is 0 Å². The summed E-state index contributed by atoms with van der Waals surface area (Å²) in [7, 11) is 0. The standard InChI is InChI=1S/C10H9N3O/c1-8-2-3-9(12-6-8)10(14)13-5-4-11-7-13/h2-7H,1H3. The molecule has 0 radical (unpaired) electrons. The molecule has 0 bridgehead atoms. The van der Waals surface area contributed by atoms with Crippen LogP contribution in [-0.2, 0) is 0 Å². The maximum absolute atomic E-state index is 11.7. The number of hydrogen-bond acceptors (Lipinski definition) is 3. The first-order valence-electron chi connectivity index (χ1n) is 4.23. The summed E-state index contributed by atoms with van der Waals surface area (Å²) in [6, 6.07) is 3.56. The highest BCUT2D eigenvalue weighted by Crippen LogP contribution is 2.01. The summed E-state index contributed by atoms with van der Waals surface area (Å²) in [5.41, 5.74) is 1.46. The molecule has 4 nitrogen and oxygen atoms in total. The quantitative estimate of drug-likeness (QED) is 0.675. The lowest BCUT2D eigenvalue weighted by atomic mass is 10.2. The number of imidazole rings is 1. The number of aromatic nitrogens is 3. The van der Waals surface area contributed by atoms with Gasteiger partial charge in [-0.1, -0.05) is 6.07 Å². The molecule has 0 aliphatic heterocycles. The third-order valence-electron chi connectivity index (χ3n) is 1.87. The highest BCUT2D eigenvalue weighted by molar-refractivity contribution is 5.93. The zero-order valence-corrected chi connectivity index (χ0v) is 7.71. The largest absolute Gasteiger partial charge is 0.281 e. The summed E-state index contributed by atoms with van der Waals surface area (Å²) in [5.74, 6) is -0.164. The number of nitrogens with zero attached hydrogens (tertiary/aromatic N) is 3. The van der Waals surface area contributed by atoms with E-state index in [1.54, 1.807) is 24.7 Å². The second-order valence-electron chi connectivity index (χ2n) is 3.00. The van der Waals surface area contributed by atoms with Crippen LogP contribution in [0.1, 0.15) is 16.1 Å². The number of hydrogen-bond donors (Lipinski definition) is 0. The number of rotatable bonds is 1. The zero-order chi connectivity index (χ0) is 9.97. The maximum atomic E-state index is 11.7. The molecule has 0 fully saturated rings. The summed E-state index contributed by atoms with van der Waals surface area (Å²) in [5, 5.41) is 0. The smallest absolute Gasteiger partial charge is 0.271 e. The van der Waals surface area contributed by atoms with Crippen LogP contribution in [0.15, 0.2) is 37.1 Å². The van der Waals surface area contributed by atoms with E-state index < -0.39 is 0 Å². The summed E-state index contributed by atoms with van der Waals surface area (Å²) in [4.78, 5) is 19.5. The van der Waals surface area contributed by atoms with Crippen molar-refractivity contribution in [2.75, 3.05) is 0 Å². The van der Waals surface area contributed by atoms with E-state index in [9.17, 15) is 4.79 Å². The molecular formula is C10H9N3O. The first kappa shape index (κ1) is 8.62. The highest BCUT2D eigenvalue weighted by atomic mass is 16.2. The Labute approximate surface area is 81.2 Å². The summed E-state index contributed by atoms with van der Waals surface area (Å²) in [6.07, 6.45) is 6.30. The van der Waals surface area contributed by atoms with Gasteiger partial charge in [0, 0.05) is 18.6 Å². The van der Waals surface area contributed by atoms with Crippen molar-refractivity contribution in [3.8, 4) is 0 Å². The minimum Gasteiger partial charge on any atom is -0.271 e. The topological polar surface area (TPSA) is 47.8 Å². The molecule has 2 aromatic heterocycles. The Hall–Kier alpha value is -1.97. The van der Waals surface area contributed by atoms with E-state index in [1.807, 2.05) is 13.0 Å². The number of carbonyl (C=O) groups is 1. The molecule has 0 unspecified atom stereocenters.